The first-order valence-electron chi connectivity index (χ1n) is 6.10. The molecule has 3 aromatic rings. The Bertz CT molecular complexity index is 789. The fourth-order valence-electron chi connectivity index (χ4n) is 1.94. The van der Waals surface area contributed by atoms with Gasteiger partial charge in [0.2, 0.25) is 11.2 Å². The van der Waals surface area contributed by atoms with Gasteiger partial charge in [0.1, 0.15) is 11.4 Å². The SMILES string of the molecule is Cc1nc(Cl)nc(Oc2ccc3ccccc3c2)c1N. The van der Waals surface area contributed by atoms with Crippen LogP contribution in [0, 0.1) is 6.92 Å². The van der Waals surface area contributed by atoms with Crippen LogP contribution in [0.2, 0.25) is 5.28 Å². The molecule has 2 N–H and O–H groups in total. The number of rotatable bonds is 2. The number of ether oxygens (including phenoxy) is 1. The number of aromatic nitrogens is 2. The number of aryl methyl sites for hydroxylation is 1. The standard InChI is InChI=1S/C15H12ClN3O/c1-9-13(17)14(19-15(16)18-9)20-12-7-6-10-4-2-3-5-11(10)8-12/h2-8H,17H2,1H3. The van der Waals surface area contributed by atoms with Gasteiger partial charge in [0.25, 0.3) is 0 Å². The van der Waals surface area contributed by atoms with Gasteiger partial charge in [-0.25, -0.2) is 4.98 Å². The fourth-order valence-corrected chi connectivity index (χ4v) is 2.15. The lowest BCUT2D eigenvalue weighted by Crippen LogP contribution is -2.00. The number of anilines is 1. The van der Waals surface area contributed by atoms with Crippen molar-refractivity contribution in [1.82, 2.24) is 9.97 Å². The summed E-state index contributed by atoms with van der Waals surface area (Å²) in [5, 5.41) is 2.35. The number of nitrogens with two attached hydrogens (primary N) is 1. The summed E-state index contributed by atoms with van der Waals surface area (Å²) in [6.45, 7) is 1.76. The summed E-state index contributed by atoms with van der Waals surface area (Å²) in [4.78, 5) is 7.99. The van der Waals surface area contributed by atoms with Crippen molar-refractivity contribution < 1.29 is 4.74 Å². The van der Waals surface area contributed by atoms with Crippen LogP contribution in [0.3, 0.4) is 0 Å². The molecule has 1 heterocycles. The van der Waals surface area contributed by atoms with Crippen molar-refractivity contribution >= 4 is 28.1 Å². The molecule has 2 aromatic carbocycles. The zero-order valence-corrected chi connectivity index (χ0v) is 11.6. The van der Waals surface area contributed by atoms with E-state index in [1.165, 1.54) is 0 Å². The molecular formula is C15H12ClN3O. The number of nitrogen functional groups attached to an aromatic ring is 1. The molecule has 4 nitrogen and oxygen atoms in total. The summed E-state index contributed by atoms with van der Waals surface area (Å²) < 4.78 is 5.72. The van der Waals surface area contributed by atoms with E-state index in [1.807, 2.05) is 42.5 Å². The van der Waals surface area contributed by atoms with Gasteiger partial charge in [-0.05, 0) is 41.4 Å². The minimum atomic E-state index is 0.118. The molecule has 0 aliphatic heterocycles. The van der Waals surface area contributed by atoms with Crippen LogP contribution in [0.15, 0.2) is 42.5 Å². The van der Waals surface area contributed by atoms with E-state index in [9.17, 15) is 0 Å². The number of nitrogens with zero attached hydrogens (tertiary/aromatic N) is 2. The quantitative estimate of drug-likeness (QED) is 0.724. The van der Waals surface area contributed by atoms with Crippen LogP contribution >= 0.6 is 11.6 Å². The van der Waals surface area contributed by atoms with Gasteiger partial charge in [-0.2, -0.15) is 4.98 Å². The number of benzene rings is 2. The van der Waals surface area contributed by atoms with Crippen LogP contribution in [0.5, 0.6) is 11.6 Å². The Morgan fingerprint density at radius 2 is 1.80 bits per heavy atom. The van der Waals surface area contributed by atoms with Gasteiger partial charge in [0, 0.05) is 0 Å². The maximum atomic E-state index is 5.90. The number of hydrogen-bond donors (Lipinski definition) is 1. The Hall–Kier alpha value is -2.33. The Kier molecular flexibility index (Phi) is 3.16. The molecule has 0 saturated heterocycles. The van der Waals surface area contributed by atoms with Crippen molar-refractivity contribution in [1.29, 1.82) is 0 Å². The average Bonchev–Trinajstić information content (AvgIpc) is 2.44. The molecule has 0 atom stereocenters. The van der Waals surface area contributed by atoms with E-state index < -0.39 is 0 Å². The largest absolute Gasteiger partial charge is 0.437 e. The molecule has 100 valence electrons. The van der Waals surface area contributed by atoms with E-state index in [2.05, 4.69) is 9.97 Å². The molecule has 0 bridgehead atoms. The highest BCUT2D eigenvalue weighted by Crippen LogP contribution is 2.29. The zero-order valence-electron chi connectivity index (χ0n) is 10.8. The van der Waals surface area contributed by atoms with Crippen LogP contribution in [0.4, 0.5) is 5.69 Å². The second kappa shape index (κ2) is 4.98. The molecule has 0 amide bonds. The maximum absolute atomic E-state index is 5.90. The van der Waals surface area contributed by atoms with Gasteiger partial charge in [-0.3, -0.25) is 0 Å². The lowest BCUT2D eigenvalue weighted by molar-refractivity contribution is 0.464. The Labute approximate surface area is 121 Å². The predicted molar refractivity (Wildman–Crippen MR) is 80.2 cm³/mol. The van der Waals surface area contributed by atoms with Crippen LogP contribution in [-0.4, -0.2) is 9.97 Å². The maximum Gasteiger partial charge on any atom is 0.247 e. The molecule has 20 heavy (non-hydrogen) atoms. The van der Waals surface area contributed by atoms with E-state index in [1.54, 1.807) is 6.92 Å². The normalized spacial score (nSPS) is 10.7. The van der Waals surface area contributed by atoms with Gasteiger partial charge in [0.15, 0.2) is 0 Å². The van der Waals surface area contributed by atoms with Crippen LogP contribution in [0.1, 0.15) is 5.69 Å². The summed E-state index contributed by atoms with van der Waals surface area (Å²) in [5.41, 5.74) is 6.89. The lowest BCUT2D eigenvalue weighted by atomic mass is 10.1. The predicted octanol–water partition coefficient (Wildman–Crippen LogP) is 3.97. The van der Waals surface area contributed by atoms with Gasteiger partial charge in [0.05, 0.1) is 5.69 Å². The minimum Gasteiger partial charge on any atom is -0.437 e. The molecule has 0 spiro atoms. The summed E-state index contributed by atoms with van der Waals surface area (Å²) in [7, 11) is 0. The Morgan fingerprint density at radius 1 is 1.05 bits per heavy atom. The number of hydrogen-bond acceptors (Lipinski definition) is 4. The van der Waals surface area contributed by atoms with Gasteiger partial charge < -0.3 is 10.5 Å². The lowest BCUT2D eigenvalue weighted by Gasteiger charge is -2.09. The van der Waals surface area contributed by atoms with E-state index in [0.717, 1.165) is 10.8 Å². The van der Waals surface area contributed by atoms with Gasteiger partial charge >= 0.3 is 0 Å². The molecule has 5 heteroatoms. The first kappa shape index (κ1) is 12.7. The van der Waals surface area contributed by atoms with Crippen molar-refractivity contribution in [3.8, 4) is 11.6 Å². The molecule has 0 unspecified atom stereocenters. The third-order valence-corrected chi connectivity index (χ3v) is 3.18. The highest BCUT2D eigenvalue weighted by Gasteiger charge is 2.10. The Balaban J connectivity index is 2.01. The molecular weight excluding hydrogens is 274 g/mol. The van der Waals surface area contributed by atoms with Crippen LogP contribution in [0.25, 0.3) is 10.8 Å². The first-order valence-corrected chi connectivity index (χ1v) is 6.47. The van der Waals surface area contributed by atoms with E-state index in [0.29, 0.717) is 17.1 Å². The van der Waals surface area contributed by atoms with Crippen LogP contribution in [-0.2, 0) is 0 Å². The van der Waals surface area contributed by atoms with E-state index >= 15 is 0 Å². The second-order valence-electron chi connectivity index (χ2n) is 4.41. The smallest absolute Gasteiger partial charge is 0.247 e. The van der Waals surface area contributed by atoms with Crippen molar-refractivity contribution in [2.45, 2.75) is 6.92 Å². The molecule has 1 aromatic heterocycles. The van der Waals surface area contributed by atoms with Crippen molar-refractivity contribution in [2.24, 2.45) is 0 Å². The highest BCUT2D eigenvalue weighted by atomic mass is 35.5. The number of fused-ring (bicyclic) bond motifs is 1. The molecule has 0 saturated carbocycles. The molecule has 0 radical (unpaired) electrons. The van der Waals surface area contributed by atoms with Crippen molar-refractivity contribution in [2.75, 3.05) is 5.73 Å². The Morgan fingerprint density at radius 3 is 2.60 bits per heavy atom. The molecule has 0 aliphatic carbocycles. The van der Waals surface area contributed by atoms with E-state index in [-0.39, 0.29) is 11.2 Å². The number of halogens is 1. The topological polar surface area (TPSA) is 61.0 Å². The van der Waals surface area contributed by atoms with Crippen molar-refractivity contribution in [3.05, 3.63) is 53.4 Å². The molecule has 0 fully saturated rings. The third kappa shape index (κ3) is 2.38. The monoisotopic (exact) mass is 285 g/mol. The van der Waals surface area contributed by atoms with E-state index in [4.69, 9.17) is 22.1 Å². The molecule has 3 rings (SSSR count). The highest BCUT2D eigenvalue weighted by molar-refractivity contribution is 6.28. The van der Waals surface area contributed by atoms with Gasteiger partial charge in [-0.15, -0.1) is 0 Å². The second-order valence-corrected chi connectivity index (χ2v) is 4.75. The first-order chi connectivity index (χ1) is 9.63. The average molecular weight is 286 g/mol. The summed E-state index contributed by atoms with van der Waals surface area (Å²) in [6, 6.07) is 13.8. The summed E-state index contributed by atoms with van der Waals surface area (Å²) >= 11 is 5.83. The summed E-state index contributed by atoms with van der Waals surface area (Å²) in [5.74, 6) is 0.933. The minimum absolute atomic E-state index is 0.118. The van der Waals surface area contributed by atoms with Crippen LogP contribution < -0.4 is 10.5 Å². The van der Waals surface area contributed by atoms with Gasteiger partial charge in [-0.1, -0.05) is 30.3 Å². The molecule has 0 aliphatic rings. The van der Waals surface area contributed by atoms with Crippen molar-refractivity contribution in [3.63, 3.8) is 0 Å². The zero-order chi connectivity index (χ0) is 14.1. The third-order valence-electron chi connectivity index (χ3n) is 3.01. The summed E-state index contributed by atoms with van der Waals surface area (Å²) in [6.07, 6.45) is 0. The fraction of sp³-hybridized carbons (Fsp3) is 0.0667.